The van der Waals surface area contributed by atoms with Gasteiger partial charge in [-0.3, -0.25) is 9.59 Å². The fraction of sp³-hybridized carbons (Fsp3) is 0.391. The second kappa shape index (κ2) is 10.2. The molecule has 2 amide bonds. The van der Waals surface area contributed by atoms with E-state index < -0.39 is 0 Å². The molecule has 1 fully saturated rings. The van der Waals surface area contributed by atoms with Crippen molar-refractivity contribution < 1.29 is 9.59 Å². The van der Waals surface area contributed by atoms with Gasteiger partial charge in [-0.2, -0.15) is 0 Å². The lowest BCUT2D eigenvalue weighted by Gasteiger charge is -2.43. The first-order valence-corrected chi connectivity index (χ1v) is 13.4. The number of aliphatic imine (C=N–C) groups is 1. The number of fused-ring (bicyclic) bond motifs is 1. The van der Waals surface area contributed by atoms with Crippen LogP contribution in [0.4, 0.5) is 5.95 Å². The van der Waals surface area contributed by atoms with E-state index in [2.05, 4.69) is 67.8 Å². The SMILES string of the molecule is Cn1cc(Br)cc1C(=O)NC[C@@H]1[C@@H](CNC(=O)c2ccc(Br)[nH]2)CC2NC(N)=NC2[C@H]1c1cnc(N)[nH]1. The van der Waals surface area contributed by atoms with Crippen LogP contribution < -0.4 is 27.4 Å². The number of hydrogen-bond acceptors (Lipinski definition) is 7. The summed E-state index contributed by atoms with van der Waals surface area (Å²) in [5.74, 6) is 0.0159. The minimum absolute atomic E-state index is 0.00724. The number of carbonyl (C=O) groups excluding carboxylic acids is 2. The molecule has 1 aliphatic carbocycles. The number of carbonyl (C=O) groups is 2. The number of anilines is 1. The maximum atomic E-state index is 13.1. The number of hydrogen-bond donors (Lipinski definition) is 7. The average Bonchev–Trinajstić information content (AvgIpc) is 3.62. The van der Waals surface area contributed by atoms with Crippen LogP contribution in [0.1, 0.15) is 39.0 Å². The number of rotatable bonds is 7. The quantitative estimate of drug-likeness (QED) is 0.206. The highest BCUT2D eigenvalue weighted by atomic mass is 79.9. The summed E-state index contributed by atoms with van der Waals surface area (Å²) in [5.41, 5.74) is 13.8. The first kappa shape index (κ1) is 25.4. The second-order valence-electron chi connectivity index (χ2n) is 9.46. The third kappa shape index (κ3) is 5.25. The lowest BCUT2D eigenvalue weighted by atomic mass is 9.66. The minimum Gasteiger partial charge on any atom is -0.370 e. The topological polar surface area (TPSA) is 184 Å². The molecule has 2 unspecified atom stereocenters. The van der Waals surface area contributed by atoms with E-state index in [4.69, 9.17) is 11.5 Å². The number of guanidine groups is 1. The van der Waals surface area contributed by atoms with E-state index in [0.717, 1.165) is 14.8 Å². The number of amides is 2. The molecule has 196 valence electrons. The molecule has 0 saturated heterocycles. The van der Waals surface area contributed by atoms with E-state index in [0.29, 0.717) is 42.8 Å². The molecular weight excluding hydrogens is 608 g/mol. The molecule has 2 aliphatic rings. The number of nitrogen functional groups attached to an aromatic ring is 1. The lowest BCUT2D eigenvalue weighted by Crippen LogP contribution is -2.53. The highest BCUT2D eigenvalue weighted by Gasteiger charge is 2.48. The van der Waals surface area contributed by atoms with E-state index >= 15 is 0 Å². The fourth-order valence-electron chi connectivity index (χ4n) is 5.47. The molecule has 1 aliphatic heterocycles. The Hall–Kier alpha value is -3.26. The number of H-pyrrole nitrogens is 2. The van der Waals surface area contributed by atoms with Crippen molar-refractivity contribution in [2.45, 2.75) is 24.4 Å². The molecule has 0 spiro atoms. The zero-order valence-electron chi connectivity index (χ0n) is 20.0. The summed E-state index contributed by atoms with van der Waals surface area (Å²) >= 11 is 6.76. The average molecular weight is 636 g/mol. The zero-order chi connectivity index (χ0) is 26.3. The van der Waals surface area contributed by atoms with Crippen molar-refractivity contribution >= 4 is 55.6 Å². The maximum Gasteiger partial charge on any atom is 0.267 e. The van der Waals surface area contributed by atoms with Gasteiger partial charge in [0.15, 0.2) is 11.9 Å². The van der Waals surface area contributed by atoms with E-state index in [9.17, 15) is 9.59 Å². The molecule has 5 rings (SSSR count). The molecule has 5 atom stereocenters. The summed E-state index contributed by atoms with van der Waals surface area (Å²) < 4.78 is 3.32. The third-order valence-corrected chi connectivity index (χ3v) is 8.02. The van der Waals surface area contributed by atoms with Gasteiger partial charge < -0.3 is 42.0 Å². The Kier molecular flexibility index (Phi) is 7.03. The summed E-state index contributed by atoms with van der Waals surface area (Å²) in [4.78, 5) is 40.9. The first-order chi connectivity index (χ1) is 17.7. The molecule has 14 heteroatoms. The Morgan fingerprint density at radius 1 is 1.16 bits per heavy atom. The van der Waals surface area contributed by atoms with Gasteiger partial charge in [0.25, 0.3) is 11.8 Å². The molecule has 0 radical (unpaired) electrons. The minimum atomic E-state index is -0.207. The fourth-order valence-corrected chi connectivity index (χ4v) is 6.34. The van der Waals surface area contributed by atoms with Crippen molar-refractivity contribution in [2.75, 3.05) is 18.8 Å². The molecule has 0 aromatic carbocycles. The van der Waals surface area contributed by atoms with Gasteiger partial charge in [0.1, 0.15) is 11.4 Å². The molecule has 12 nitrogen and oxygen atoms in total. The normalized spacial score (nSPS) is 24.7. The summed E-state index contributed by atoms with van der Waals surface area (Å²) in [6.45, 7) is 0.759. The van der Waals surface area contributed by atoms with Crippen LogP contribution in [-0.4, -0.2) is 62.5 Å². The van der Waals surface area contributed by atoms with E-state index in [-0.39, 0.29) is 41.7 Å². The molecular formula is C23H28Br2N10O2. The van der Waals surface area contributed by atoms with Crippen LogP contribution in [0.2, 0.25) is 0 Å². The lowest BCUT2D eigenvalue weighted by molar-refractivity contribution is 0.0869. The van der Waals surface area contributed by atoms with Gasteiger partial charge in [-0.25, -0.2) is 9.98 Å². The van der Waals surface area contributed by atoms with Crippen LogP contribution in [0.3, 0.4) is 0 Å². The molecule has 0 bridgehead atoms. The summed E-state index contributed by atoms with van der Waals surface area (Å²) in [6, 6.07) is 5.08. The first-order valence-electron chi connectivity index (χ1n) is 11.8. The number of imidazole rings is 1. The number of halogens is 2. The van der Waals surface area contributed by atoms with Crippen molar-refractivity contribution in [3.8, 4) is 0 Å². The highest BCUT2D eigenvalue weighted by Crippen LogP contribution is 2.43. The number of nitrogens with zero attached hydrogens (tertiary/aromatic N) is 3. The molecule has 4 heterocycles. The van der Waals surface area contributed by atoms with Gasteiger partial charge in [0.05, 0.1) is 22.9 Å². The van der Waals surface area contributed by atoms with Crippen LogP contribution in [0.25, 0.3) is 0 Å². The van der Waals surface area contributed by atoms with E-state index in [1.165, 1.54) is 0 Å². The van der Waals surface area contributed by atoms with Crippen LogP contribution in [0.15, 0.2) is 44.7 Å². The summed E-state index contributed by atoms with van der Waals surface area (Å²) in [5, 5.41) is 9.43. The predicted molar refractivity (Wildman–Crippen MR) is 146 cm³/mol. The van der Waals surface area contributed by atoms with E-state index in [1.807, 2.05) is 13.2 Å². The van der Waals surface area contributed by atoms with E-state index in [1.54, 1.807) is 29.0 Å². The standard InChI is InChI=1S/C23H28Br2N10O2/c1-35-9-11(24)5-16(35)21(37)29-7-12-10(6-28-20(36)13-2-3-17(25)31-13)4-14-19(34-23(27)32-14)18(12)15-8-30-22(26)33-15/h2-3,5,8-10,12,14,18-19,31H,4,6-7H2,1H3,(H,28,36)(H,29,37)(H3,26,30,33)(H3,27,32,34)/t10-,12-,14?,18-,19?/m1/s1. The van der Waals surface area contributed by atoms with Crippen LogP contribution in [0, 0.1) is 11.8 Å². The van der Waals surface area contributed by atoms with Crippen molar-refractivity contribution in [3.63, 3.8) is 0 Å². The van der Waals surface area contributed by atoms with Crippen LogP contribution in [-0.2, 0) is 7.05 Å². The maximum absolute atomic E-state index is 13.1. The number of aromatic amines is 2. The summed E-state index contributed by atoms with van der Waals surface area (Å²) in [6.07, 6.45) is 4.25. The van der Waals surface area contributed by atoms with Gasteiger partial charge in [0.2, 0.25) is 0 Å². The predicted octanol–water partition coefficient (Wildman–Crippen LogP) is 1.42. The largest absolute Gasteiger partial charge is 0.370 e. The zero-order valence-corrected chi connectivity index (χ0v) is 23.1. The smallest absolute Gasteiger partial charge is 0.267 e. The Bertz CT molecular complexity index is 1340. The number of nitrogens with two attached hydrogens (primary N) is 2. The van der Waals surface area contributed by atoms with Crippen molar-refractivity contribution in [2.24, 2.45) is 29.6 Å². The molecule has 3 aromatic heterocycles. The molecule has 9 N–H and O–H groups in total. The Morgan fingerprint density at radius 2 is 1.95 bits per heavy atom. The number of nitrogens with one attached hydrogen (secondary N) is 5. The monoisotopic (exact) mass is 634 g/mol. The number of aromatic nitrogens is 4. The van der Waals surface area contributed by atoms with Gasteiger partial charge in [-0.05, 0) is 68.3 Å². The number of aryl methyl sites for hydroxylation is 1. The van der Waals surface area contributed by atoms with Crippen LogP contribution >= 0.6 is 31.9 Å². The highest BCUT2D eigenvalue weighted by molar-refractivity contribution is 9.10. The molecule has 1 saturated carbocycles. The second-order valence-corrected chi connectivity index (χ2v) is 11.2. The molecule has 3 aromatic rings. The Labute approximate surface area is 229 Å². The summed E-state index contributed by atoms with van der Waals surface area (Å²) in [7, 11) is 1.82. The van der Waals surface area contributed by atoms with Crippen molar-refractivity contribution in [1.29, 1.82) is 0 Å². The van der Waals surface area contributed by atoms with Gasteiger partial charge in [-0.1, -0.05) is 0 Å². The van der Waals surface area contributed by atoms with Crippen LogP contribution in [0.5, 0.6) is 0 Å². The van der Waals surface area contributed by atoms with Gasteiger partial charge in [0, 0.05) is 42.4 Å². The Morgan fingerprint density at radius 3 is 2.59 bits per heavy atom. The van der Waals surface area contributed by atoms with Crippen molar-refractivity contribution in [1.82, 2.24) is 35.5 Å². The van der Waals surface area contributed by atoms with Gasteiger partial charge >= 0.3 is 0 Å². The molecule has 37 heavy (non-hydrogen) atoms. The van der Waals surface area contributed by atoms with Crippen molar-refractivity contribution in [3.05, 3.63) is 56.8 Å². The third-order valence-electron chi connectivity index (χ3n) is 7.12. The Balaban J connectivity index is 1.41. The van der Waals surface area contributed by atoms with Gasteiger partial charge in [-0.15, -0.1) is 0 Å².